The van der Waals surface area contributed by atoms with E-state index in [0.29, 0.717) is 11.1 Å². The number of ketones is 1. The minimum atomic E-state index is -0.141. The summed E-state index contributed by atoms with van der Waals surface area (Å²) in [6.07, 6.45) is 3.54. The zero-order valence-corrected chi connectivity index (χ0v) is 14.7. The van der Waals surface area contributed by atoms with E-state index in [9.17, 15) is 4.79 Å². The zero-order valence-electron chi connectivity index (χ0n) is 11.8. The maximum atomic E-state index is 12.2. The van der Waals surface area contributed by atoms with Gasteiger partial charge in [-0.3, -0.25) is 0 Å². The summed E-state index contributed by atoms with van der Waals surface area (Å²) < 4.78 is 0. The van der Waals surface area contributed by atoms with Crippen LogP contribution in [0, 0.1) is 13.8 Å². The first-order valence-corrected chi connectivity index (χ1v) is 6.39. The summed E-state index contributed by atoms with van der Waals surface area (Å²) in [6, 6.07) is 19.3. The molecule has 0 N–H and O–H groups in total. The quantitative estimate of drug-likeness (QED) is 0.591. The van der Waals surface area contributed by atoms with Gasteiger partial charge in [0.25, 0.3) is 0 Å². The van der Waals surface area contributed by atoms with Crippen LogP contribution in [0.2, 0.25) is 0 Å². The second-order valence-electron chi connectivity index (χ2n) is 4.49. The molecule has 0 aromatic heterocycles. The summed E-state index contributed by atoms with van der Waals surface area (Å²) in [6.45, 7) is 7.65. The van der Waals surface area contributed by atoms with E-state index in [1.165, 1.54) is 0 Å². The van der Waals surface area contributed by atoms with E-state index in [-0.39, 0.29) is 38.5 Å². The largest absolute Gasteiger partial charge is 0.368 e. The molecule has 0 spiro atoms. The van der Waals surface area contributed by atoms with Crippen molar-refractivity contribution in [1.82, 2.24) is 0 Å². The summed E-state index contributed by atoms with van der Waals surface area (Å²) in [5.74, 6) is -0.141. The van der Waals surface area contributed by atoms with Crippen LogP contribution in [0.25, 0.3) is 12.2 Å². The number of benzene rings is 2. The molecule has 0 aliphatic heterocycles. The van der Waals surface area contributed by atoms with E-state index in [4.69, 9.17) is 0 Å². The van der Waals surface area contributed by atoms with Crippen LogP contribution < -0.4 is 0 Å². The molecular weight excluding hydrogens is 333 g/mol. The number of rotatable bonds is 4. The molecule has 0 aliphatic rings. The van der Waals surface area contributed by atoms with E-state index < -0.39 is 0 Å². The van der Waals surface area contributed by atoms with Crippen molar-refractivity contribution in [2.75, 3.05) is 0 Å². The van der Waals surface area contributed by atoms with Crippen LogP contribution in [-0.2, 0) is 37.5 Å². The molecule has 0 unspecified atom stereocenters. The van der Waals surface area contributed by atoms with Crippen LogP contribution in [0.1, 0.15) is 11.1 Å². The summed E-state index contributed by atoms with van der Waals surface area (Å²) in [5.41, 5.74) is 2.79. The Morgan fingerprint density at radius 2 is 1.05 bits per heavy atom. The first-order valence-electron chi connectivity index (χ1n) is 6.39. The van der Waals surface area contributed by atoms with E-state index in [2.05, 4.69) is 13.8 Å². The van der Waals surface area contributed by atoms with Gasteiger partial charge in [-0.05, 0) is 0 Å². The van der Waals surface area contributed by atoms with Crippen molar-refractivity contribution in [3.63, 3.8) is 0 Å². The Morgan fingerprint density at radius 3 is 1.38 bits per heavy atom. The molecule has 2 aromatic rings. The molecule has 1 radical (unpaired) electrons. The molecule has 2 aromatic carbocycles. The predicted octanol–water partition coefficient (Wildman–Crippen LogP) is 4.39. The van der Waals surface area contributed by atoms with E-state index >= 15 is 0 Å². The van der Waals surface area contributed by atoms with Crippen molar-refractivity contribution in [2.24, 2.45) is 0 Å². The van der Waals surface area contributed by atoms with Gasteiger partial charge in [-0.15, -0.1) is 11.1 Å². The molecule has 0 aliphatic carbocycles. The van der Waals surface area contributed by atoms with Gasteiger partial charge in [0, 0.05) is 32.7 Å². The fraction of sp³-hybridized carbons (Fsp3) is 0. The first-order chi connectivity index (χ1) is 9.66. The molecule has 0 fully saturated rings. The smallest absolute Gasteiger partial charge is 0.0543 e. The summed E-state index contributed by atoms with van der Waals surface area (Å²) >= 11 is 0. The van der Waals surface area contributed by atoms with E-state index in [1.54, 1.807) is 12.2 Å². The number of hydrogen-bond donors (Lipinski definition) is 0. The fourth-order valence-corrected chi connectivity index (χ4v) is 1.84. The molecule has 103 valence electrons. The SMILES string of the molecule is [CH2-]/C(=C\c1ccccc1)C(=O)/C([CH2-])=C/c1ccccc1.[Y]. The molecule has 0 atom stereocenters. The van der Waals surface area contributed by atoms with Gasteiger partial charge in [0.2, 0.25) is 0 Å². The third-order valence-electron chi connectivity index (χ3n) is 2.86. The molecule has 0 amide bonds. The number of hydrogen-bond acceptors (Lipinski definition) is 1. The van der Waals surface area contributed by atoms with Crippen LogP contribution in [0.4, 0.5) is 0 Å². The van der Waals surface area contributed by atoms with E-state index in [1.807, 2.05) is 60.7 Å². The molecule has 21 heavy (non-hydrogen) atoms. The molecule has 2 rings (SSSR count). The molecule has 1 nitrogen and oxygen atoms in total. The average Bonchev–Trinajstić information content (AvgIpc) is 2.48. The van der Waals surface area contributed by atoms with Gasteiger partial charge in [-0.25, -0.2) is 0 Å². The number of carbonyl (C=O) groups is 1. The van der Waals surface area contributed by atoms with Crippen LogP contribution in [-0.4, -0.2) is 5.78 Å². The standard InChI is InChI=1S/C19H16O.Y/c1-15(13-17-9-5-3-6-10-17)19(20)16(2)14-18-11-7-4-8-12-18;/h3-14H,1-2H2;/q-2;/b15-13+,16-14+;. The Labute approximate surface area is 151 Å². The van der Waals surface area contributed by atoms with Crippen LogP contribution in [0.3, 0.4) is 0 Å². The number of carbonyl (C=O) groups excluding carboxylic acids is 1. The second-order valence-corrected chi connectivity index (χ2v) is 4.49. The molecule has 0 heterocycles. The predicted molar refractivity (Wildman–Crippen MR) is 84.6 cm³/mol. The maximum absolute atomic E-state index is 12.2. The van der Waals surface area contributed by atoms with Crippen molar-refractivity contribution >= 4 is 17.9 Å². The Balaban J connectivity index is 0.00000220. The summed E-state index contributed by atoms with van der Waals surface area (Å²) in [4.78, 5) is 12.2. The molecule has 2 heteroatoms. The Kier molecular flexibility index (Phi) is 7.21. The second kappa shape index (κ2) is 8.66. The van der Waals surface area contributed by atoms with Gasteiger partial charge in [0.15, 0.2) is 0 Å². The molecule has 0 saturated heterocycles. The van der Waals surface area contributed by atoms with Crippen molar-refractivity contribution < 1.29 is 37.5 Å². The van der Waals surface area contributed by atoms with Gasteiger partial charge >= 0.3 is 0 Å². The van der Waals surface area contributed by atoms with Gasteiger partial charge in [0.1, 0.15) is 0 Å². The van der Waals surface area contributed by atoms with Crippen molar-refractivity contribution in [3.8, 4) is 0 Å². The van der Waals surface area contributed by atoms with Crippen LogP contribution in [0.5, 0.6) is 0 Å². The van der Waals surface area contributed by atoms with Crippen molar-refractivity contribution in [3.05, 3.63) is 96.8 Å². The Hall–Kier alpha value is -1.57. The van der Waals surface area contributed by atoms with Crippen molar-refractivity contribution in [1.29, 1.82) is 0 Å². The number of Topliss-reactive ketones (excluding diaryl/α,β-unsaturated/α-hetero) is 1. The first kappa shape index (κ1) is 17.5. The fourth-order valence-electron chi connectivity index (χ4n) is 1.84. The maximum Gasteiger partial charge on any atom is 0.0543 e. The molecular formula is C19H16OY-2. The average molecular weight is 349 g/mol. The Morgan fingerprint density at radius 1 is 0.714 bits per heavy atom. The number of allylic oxidation sites excluding steroid dienone is 2. The van der Waals surface area contributed by atoms with Crippen LogP contribution in [0.15, 0.2) is 71.8 Å². The third kappa shape index (κ3) is 5.38. The molecule has 0 saturated carbocycles. The summed E-state index contributed by atoms with van der Waals surface area (Å²) in [7, 11) is 0. The van der Waals surface area contributed by atoms with Crippen LogP contribution >= 0.6 is 0 Å². The topological polar surface area (TPSA) is 17.1 Å². The summed E-state index contributed by atoms with van der Waals surface area (Å²) in [5, 5.41) is 0. The van der Waals surface area contributed by atoms with Gasteiger partial charge in [-0.1, -0.05) is 71.8 Å². The van der Waals surface area contributed by atoms with Gasteiger partial charge < -0.3 is 4.79 Å². The van der Waals surface area contributed by atoms with Crippen molar-refractivity contribution in [2.45, 2.75) is 0 Å². The van der Waals surface area contributed by atoms with Gasteiger partial charge in [-0.2, -0.15) is 26.0 Å². The molecule has 0 bridgehead atoms. The Bertz CT molecular complexity index is 582. The monoisotopic (exact) mass is 349 g/mol. The van der Waals surface area contributed by atoms with E-state index in [0.717, 1.165) is 11.1 Å². The zero-order chi connectivity index (χ0) is 14.4. The normalized spacial score (nSPS) is 11.6. The van der Waals surface area contributed by atoms with Gasteiger partial charge in [0.05, 0.1) is 5.78 Å². The minimum Gasteiger partial charge on any atom is -0.368 e. The minimum absolute atomic E-state index is 0. The third-order valence-corrected chi connectivity index (χ3v) is 2.86.